The molecule has 19 nitrogen and oxygen atoms in total. The van der Waals surface area contributed by atoms with Gasteiger partial charge < -0.3 is 47.9 Å². The van der Waals surface area contributed by atoms with Crippen LogP contribution in [0.25, 0.3) is 0 Å². The van der Waals surface area contributed by atoms with Crippen LogP contribution in [0.2, 0.25) is 0 Å². The minimum Gasteiger partial charge on any atom is -0.493 e. The Labute approximate surface area is 506 Å². The SMILES string of the molecule is CCOc1ccsc1C.CCn1nc(C)cc1C.COCCOCC(=O)Nc1ccnc(C)c1.Cc1cc(C)c(C)o1.Cc1cc(C)n(C)c1C.Cc1cccc(NC(=O)CO)n1.Cc1ccoc1C.Cc1cnoc1C.Cc1nnsc1C. The van der Waals surface area contributed by atoms with Crippen molar-refractivity contribution in [1.29, 1.82) is 0 Å². The van der Waals surface area contributed by atoms with E-state index in [1.54, 1.807) is 61.4 Å². The smallest absolute Gasteiger partial charge is 0.251 e. The molecule has 0 bridgehead atoms. The summed E-state index contributed by atoms with van der Waals surface area (Å²) in [4.78, 5) is 32.6. The number of anilines is 2. The van der Waals surface area contributed by atoms with Crippen LogP contribution in [0.15, 0.2) is 98.1 Å². The van der Waals surface area contributed by atoms with Crippen molar-refractivity contribution in [3.8, 4) is 5.75 Å². The van der Waals surface area contributed by atoms with E-state index in [0.29, 0.717) is 19.0 Å². The standard InChI is InChI=1S/C11H16N2O3.C8H10N2O2.C8H13N.C7H12N2.C7H10OS.C7H10O.C6H8O.C5H7NO.C4H6N2S/c1-9-7-10(3-4-12-9)13-11(14)8-16-6-5-15-2;1-6-3-2-4-7(9-6)10-8(12)5-11;1-6-5-7(2)9(4)8(6)3;1-4-9-7(3)5-6(2)8-9;1-3-8-7-4-5-9-6(7)2;1-5-4-6(2)8-7(5)3;1-5-3-4-7-6(5)2;1-4-3-6-7-5(4)2;1-3-4(2)7-6-5-3/h3-4,7H,5-6,8H2,1-2H3,(H,12,13,14);2-4,11H,5H2,1H3,(H,9,10,12);5H,1-4H3;5H,4H2,1-3H3;4-5H,3H2,1-2H3;4H,1-3H3;3-4H,1-2H3;3H,1-2H3;1-2H3. The molecular weight excluding hydrogens is 1100 g/mol. The highest BCUT2D eigenvalue weighted by atomic mass is 32.1. The predicted octanol–water partition coefficient (Wildman–Crippen LogP) is 13.8. The van der Waals surface area contributed by atoms with Crippen LogP contribution in [0.4, 0.5) is 11.5 Å². The van der Waals surface area contributed by atoms with Gasteiger partial charge in [0.15, 0.2) is 0 Å². The van der Waals surface area contributed by atoms with Gasteiger partial charge in [0, 0.05) is 76.4 Å². The third-order valence-corrected chi connectivity index (χ3v) is 13.5. The van der Waals surface area contributed by atoms with Gasteiger partial charge in [-0.2, -0.15) is 5.10 Å². The average molecular weight is 1200 g/mol. The molecule has 0 saturated carbocycles. The van der Waals surface area contributed by atoms with Crippen LogP contribution in [0, 0.1) is 118 Å². The molecule has 0 spiro atoms. The highest BCUT2D eigenvalue weighted by molar-refractivity contribution is 7.10. The Kier molecular flexibility index (Phi) is 36.7. The summed E-state index contributed by atoms with van der Waals surface area (Å²) in [7, 11) is 3.68. The average Bonchev–Trinajstić information content (AvgIpc) is 4.43. The molecule has 0 aromatic carbocycles. The van der Waals surface area contributed by atoms with Gasteiger partial charge in [-0.3, -0.25) is 19.3 Å². The number of amides is 2. The van der Waals surface area contributed by atoms with Crippen molar-refractivity contribution in [2.75, 3.05) is 50.8 Å². The number of nitrogens with zero attached hydrogens (tertiary/aromatic N) is 8. The largest absolute Gasteiger partial charge is 0.493 e. The molecule has 0 fully saturated rings. The second-order valence-electron chi connectivity index (χ2n) is 19.0. The lowest BCUT2D eigenvalue weighted by molar-refractivity contribution is -0.121. The number of carbonyl (C=O) groups is 2. The first-order valence-electron chi connectivity index (χ1n) is 27.4. The summed E-state index contributed by atoms with van der Waals surface area (Å²) in [6.07, 6.45) is 5.05. The fraction of sp³-hybridized carbons (Fsp3) is 0.429. The molecule has 9 rings (SSSR count). The van der Waals surface area contributed by atoms with E-state index in [1.165, 1.54) is 55.1 Å². The lowest BCUT2D eigenvalue weighted by Crippen LogP contribution is -2.19. The monoisotopic (exact) mass is 1200 g/mol. The van der Waals surface area contributed by atoms with E-state index in [-0.39, 0.29) is 12.5 Å². The number of pyridine rings is 2. The van der Waals surface area contributed by atoms with Crippen molar-refractivity contribution in [3.63, 3.8) is 0 Å². The van der Waals surface area contributed by atoms with E-state index in [4.69, 9.17) is 32.7 Å². The summed E-state index contributed by atoms with van der Waals surface area (Å²) in [5.41, 5.74) is 13.5. The number of aryl methyl sites for hydroxylation is 17. The molecule has 0 atom stereocenters. The van der Waals surface area contributed by atoms with E-state index in [2.05, 4.69) is 106 Å². The Morgan fingerprint density at radius 1 is 0.714 bits per heavy atom. The Bertz CT molecular complexity index is 3050. The maximum atomic E-state index is 11.4. The predicted molar refractivity (Wildman–Crippen MR) is 339 cm³/mol. The van der Waals surface area contributed by atoms with Crippen LogP contribution in [0.1, 0.15) is 109 Å². The highest BCUT2D eigenvalue weighted by Crippen LogP contribution is 2.22. The Morgan fingerprint density at radius 2 is 1.43 bits per heavy atom. The number of carbonyl (C=O) groups excluding carboxylic acids is 2. The first-order valence-corrected chi connectivity index (χ1v) is 29.0. The molecule has 9 aromatic rings. The number of rotatable bonds is 11. The van der Waals surface area contributed by atoms with E-state index in [1.807, 2.05) is 124 Å². The number of methoxy groups -OCH3 is 1. The van der Waals surface area contributed by atoms with Gasteiger partial charge >= 0.3 is 0 Å². The van der Waals surface area contributed by atoms with Gasteiger partial charge in [0.05, 0.1) is 43.7 Å². The quantitative estimate of drug-likeness (QED) is 0.102. The Morgan fingerprint density at radius 3 is 1.77 bits per heavy atom. The fourth-order valence-electron chi connectivity index (χ4n) is 6.47. The van der Waals surface area contributed by atoms with Crippen molar-refractivity contribution in [1.82, 2.24) is 39.1 Å². The lowest BCUT2D eigenvalue weighted by Gasteiger charge is -2.06. The van der Waals surface area contributed by atoms with Gasteiger partial charge in [-0.25, -0.2) is 4.98 Å². The van der Waals surface area contributed by atoms with Gasteiger partial charge in [0.1, 0.15) is 47.8 Å². The third kappa shape index (κ3) is 31.2. The summed E-state index contributed by atoms with van der Waals surface area (Å²) >= 11 is 3.16. The Balaban J connectivity index is 0.000000479. The molecule has 0 saturated heterocycles. The molecule has 0 unspecified atom stereocenters. The van der Waals surface area contributed by atoms with Gasteiger partial charge in [-0.05, 0) is 220 Å². The molecule has 0 aliphatic heterocycles. The van der Waals surface area contributed by atoms with Crippen LogP contribution in [-0.2, 0) is 32.7 Å². The van der Waals surface area contributed by atoms with Crippen LogP contribution < -0.4 is 15.4 Å². The number of aromatic nitrogens is 8. The molecule has 2 amide bonds. The van der Waals surface area contributed by atoms with Gasteiger partial charge in [-0.1, -0.05) is 15.7 Å². The topological polar surface area (TPSA) is 233 Å². The van der Waals surface area contributed by atoms with E-state index < -0.39 is 12.5 Å². The van der Waals surface area contributed by atoms with E-state index in [0.717, 1.165) is 76.0 Å². The van der Waals surface area contributed by atoms with Crippen LogP contribution >= 0.6 is 22.9 Å². The molecule has 0 aliphatic rings. The zero-order valence-corrected chi connectivity index (χ0v) is 55.1. The Hall–Kier alpha value is -7.56. The molecule has 0 radical (unpaired) electrons. The molecule has 21 heteroatoms. The minimum absolute atomic E-state index is 0.0325. The molecule has 9 aromatic heterocycles. The van der Waals surface area contributed by atoms with Crippen molar-refractivity contribution < 1.29 is 42.3 Å². The number of thiophene rings is 1. The molecule has 9 heterocycles. The molecule has 3 N–H and O–H groups in total. The van der Waals surface area contributed by atoms with Crippen molar-refractivity contribution in [2.24, 2.45) is 7.05 Å². The van der Waals surface area contributed by atoms with E-state index >= 15 is 0 Å². The highest BCUT2D eigenvalue weighted by Gasteiger charge is 2.04. The summed E-state index contributed by atoms with van der Waals surface area (Å²) in [6.45, 7) is 40.3. The van der Waals surface area contributed by atoms with Crippen molar-refractivity contribution in [3.05, 3.63) is 180 Å². The number of nitrogens with one attached hydrogen (secondary N) is 2. The first-order chi connectivity index (χ1) is 39.8. The van der Waals surface area contributed by atoms with Crippen LogP contribution in [-0.4, -0.2) is 96.1 Å². The van der Waals surface area contributed by atoms with E-state index in [9.17, 15) is 9.59 Å². The normalized spacial score (nSPS) is 9.79. The summed E-state index contributed by atoms with van der Waals surface area (Å²) in [5.74, 6) is 4.81. The second-order valence-corrected chi connectivity index (χ2v) is 21.1. The van der Waals surface area contributed by atoms with Crippen LogP contribution in [0.3, 0.4) is 0 Å². The summed E-state index contributed by atoms with van der Waals surface area (Å²) in [6, 6.07) is 19.1. The molecule has 460 valence electrons. The van der Waals surface area contributed by atoms with Gasteiger partial charge in [-0.15, -0.1) is 16.4 Å². The first kappa shape index (κ1) is 74.5. The number of hydrogen-bond acceptors (Lipinski definition) is 17. The van der Waals surface area contributed by atoms with Crippen LogP contribution in [0.5, 0.6) is 5.75 Å². The zero-order chi connectivity index (χ0) is 63.3. The maximum absolute atomic E-state index is 11.4. The second kappa shape index (κ2) is 41.4. The number of furan rings is 2. The third-order valence-electron chi connectivity index (χ3n) is 12.0. The minimum atomic E-state index is -0.518. The summed E-state index contributed by atoms with van der Waals surface area (Å²) < 4.78 is 38.0. The zero-order valence-electron chi connectivity index (χ0n) is 53.4. The van der Waals surface area contributed by atoms with Gasteiger partial charge in [0.25, 0.3) is 5.91 Å². The molecular formula is C63H92N10O9S2. The van der Waals surface area contributed by atoms with Crippen molar-refractivity contribution >= 4 is 46.2 Å². The van der Waals surface area contributed by atoms with Crippen molar-refractivity contribution in [2.45, 2.75) is 138 Å². The number of hydrogen-bond donors (Lipinski definition) is 3. The number of aliphatic hydroxyl groups excluding tert-OH is 1. The van der Waals surface area contributed by atoms with Gasteiger partial charge in [0.2, 0.25) is 5.91 Å². The number of aliphatic hydroxyl groups is 1. The molecule has 0 aliphatic carbocycles. The fourth-order valence-corrected chi connectivity index (χ4v) is 7.57. The summed E-state index contributed by atoms with van der Waals surface area (Å²) in [5, 5.41) is 27.2. The lowest BCUT2D eigenvalue weighted by atomic mass is 10.3. The maximum Gasteiger partial charge on any atom is 0.251 e. The number of ether oxygens (including phenoxy) is 3. The molecule has 84 heavy (non-hydrogen) atoms.